The van der Waals surface area contributed by atoms with Crippen LogP contribution in [0.1, 0.15) is 44.0 Å². The molecule has 0 fully saturated rings. The van der Waals surface area contributed by atoms with Crippen molar-refractivity contribution in [2.24, 2.45) is 5.73 Å². The van der Waals surface area contributed by atoms with Gasteiger partial charge < -0.3 is 19.9 Å². The first-order valence-corrected chi connectivity index (χ1v) is 11.5. The molecule has 0 aliphatic heterocycles. The molecule has 1 heterocycles. The maximum Gasteiger partial charge on any atom is 0.263 e. The van der Waals surface area contributed by atoms with Crippen molar-refractivity contribution in [3.63, 3.8) is 0 Å². The molecule has 2 N–H and O–H groups in total. The summed E-state index contributed by atoms with van der Waals surface area (Å²) in [4.78, 5) is 29.2. The minimum Gasteiger partial charge on any atom is -0.493 e. The summed E-state index contributed by atoms with van der Waals surface area (Å²) in [5.41, 5.74) is 8.20. The third-order valence-electron chi connectivity index (χ3n) is 5.73. The Morgan fingerprint density at radius 3 is 2.15 bits per heavy atom. The fourth-order valence-corrected chi connectivity index (χ4v) is 5.61. The van der Waals surface area contributed by atoms with E-state index < -0.39 is 5.91 Å². The van der Waals surface area contributed by atoms with E-state index in [1.807, 2.05) is 30.3 Å². The highest BCUT2D eigenvalue weighted by atomic mass is 32.1. The number of nitrogens with zero attached hydrogens (tertiary/aromatic N) is 1. The molecule has 8 heteroatoms. The van der Waals surface area contributed by atoms with Crippen LogP contribution < -0.4 is 24.8 Å². The van der Waals surface area contributed by atoms with Crippen molar-refractivity contribution in [1.82, 2.24) is 0 Å². The number of anilines is 2. The van der Waals surface area contributed by atoms with Crippen molar-refractivity contribution < 1.29 is 23.8 Å². The van der Waals surface area contributed by atoms with E-state index in [9.17, 15) is 9.59 Å². The third-order valence-corrected chi connectivity index (χ3v) is 7.01. The number of benzene rings is 2. The predicted molar refractivity (Wildman–Crippen MR) is 128 cm³/mol. The Hall–Kier alpha value is -3.52. The first-order valence-electron chi connectivity index (χ1n) is 10.6. The molecule has 1 aromatic heterocycles. The van der Waals surface area contributed by atoms with Crippen LogP contribution in [0, 0.1) is 0 Å². The topological polar surface area (TPSA) is 91.1 Å². The second-order valence-corrected chi connectivity index (χ2v) is 8.73. The van der Waals surface area contributed by atoms with E-state index >= 15 is 0 Å². The van der Waals surface area contributed by atoms with E-state index in [2.05, 4.69) is 0 Å². The van der Waals surface area contributed by atoms with Crippen LogP contribution in [0.15, 0.2) is 42.5 Å². The summed E-state index contributed by atoms with van der Waals surface area (Å²) in [6.45, 7) is 0. The zero-order valence-electron chi connectivity index (χ0n) is 18.8. The Morgan fingerprint density at radius 2 is 1.58 bits per heavy atom. The van der Waals surface area contributed by atoms with Crippen molar-refractivity contribution in [3.05, 3.63) is 64.0 Å². The van der Waals surface area contributed by atoms with Crippen LogP contribution in [-0.2, 0) is 12.8 Å². The molecule has 0 radical (unpaired) electrons. The highest BCUT2D eigenvalue weighted by molar-refractivity contribution is 7.17. The second-order valence-electron chi connectivity index (χ2n) is 7.65. The number of fused-ring (bicyclic) bond motifs is 1. The molecule has 1 aliphatic carbocycles. The number of methoxy groups -OCH3 is 3. The van der Waals surface area contributed by atoms with E-state index in [1.165, 1.54) is 32.7 Å². The molecule has 0 saturated carbocycles. The highest BCUT2D eigenvalue weighted by Crippen LogP contribution is 2.44. The molecule has 1 aliphatic rings. The van der Waals surface area contributed by atoms with E-state index in [-0.39, 0.29) is 5.91 Å². The smallest absolute Gasteiger partial charge is 0.263 e. The quantitative estimate of drug-likeness (QED) is 0.544. The highest BCUT2D eigenvalue weighted by Gasteiger charge is 2.32. The number of hydrogen-bond donors (Lipinski definition) is 1. The van der Waals surface area contributed by atoms with Crippen LogP contribution >= 0.6 is 11.3 Å². The van der Waals surface area contributed by atoms with Crippen LogP contribution in [0.25, 0.3) is 0 Å². The van der Waals surface area contributed by atoms with Crippen molar-refractivity contribution in [2.45, 2.75) is 25.7 Å². The standard InChI is InChI=1S/C25H26N2O5S/c1-30-18-13-15(14-19(31-2)22(18)32-3)24(29)27(16-9-5-4-6-10-16)25-21(23(26)28)17-11-7-8-12-20(17)33-25/h4-6,9-10,13-14H,7-8,11-12H2,1-3H3,(H2,26,28). The Morgan fingerprint density at radius 1 is 0.939 bits per heavy atom. The summed E-state index contributed by atoms with van der Waals surface area (Å²) in [6, 6.07) is 12.5. The normalized spacial score (nSPS) is 12.6. The van der Waals surface area contributed by atoms with Crippen molar-refractivity contribution >= 4 is 33.8 Å². The molecule has 0 unspecified atom stereocenters. The molecule has 172 valence electrons. The fourth-order valence-electron chi connectivity index (χ4n) is 4.20. The first-order chi connectivity index (χ1) is 16.0. The average molecular weight is 467 g/mol. The number of aryl methyl sites for hydroxylation is 1. The van der Waals surface area contributed by atoms with Crippen LogP contribution in [0.3, 0.4) is 0 Å². The molecular weight excluding hydrogens is 440 g/mol. The summed E-state index contributed by atoms with van der Waals surface area (Å²) in [6.07, 6.45) is 3.71. The lowest BCUT2D eigenvalue weighted by Crippen LogP contribution is -2.28. The number of nitrogens with two attached hydrogens (primary N) is 1. The lowest BCUT2D eigenvalue weighted by molar-refractivity contribution is 0.0998. The Kier molecular flexibility index (Phi) is 6.55. The molecule has 33 heavy (non-hydrogen) atoms. The van der Waals surface area contributed by atoms with E-state index in [0.717, 1.165) is 36.1 Å². The lowest BCUT2D eigenvalue weighted by Gasteiger charge is -2.23. The van der Waals surface area contributed by atoms with Gasteiger partial charge in [-0.25, -0.2) is 0 Å². The zero-order chi connectivity index (χ0) is 23.5. The van der Waals surface area contributed by atoms with Crippen LogP contribution in [0.5, 0.6) is 17.2 Å². The van der Waals surface area contributed by atoms with Gasteiger partial charge in [-0.15, -0.1) is 11.3 Å². The summed E-state index contributed by atoms with van der Waals surface area (Å²) in [5.74, 6) is 0.277. The Labute approximate surface area is 196 Å². The number of hydrogen-bond acceptors (Lipinski definition) is 6. The summed E-state index contributed by atoms with van der Waals surface area (Å²) in [7, 11) is 4.51. The van der Waals surface area contributed by atoms with Crippen LogP contribution in [0.4, 0.5) is 10.7 Å². The SMILES string of the molecule is COc1cc(C(=O)N(c2ccccc2)c2sc3c(c2C(N)=O)CCCC3)cc(OC)c1OC. The van der Waals surface area contributed by atoms with Gasteiger partial charge >= 0.3 is 0 Å². The number of amides is 2. The van der Waals surface area contributed by atoms with Gasteiger partial charge in [0.25, 0.3) is 11.8 Å². The molecule has 7 nitrogen and oxygen atoms in total. The summed E-state index contributed by atoms with van der Waals surface area (Å²) < 4.78 is 16.3. The van der Waals surface area contributed by atoms with Gasteiger partial charge in [-0.1, -0.05) is 18.2 Å². The number of para-hydroxylation sites is 1. The zero-order valence-corrected chi connectivity index (χ0v) is 19.7. The van der Waals surface area contributed by atoms with Gasteiger partial charge in [-0.3, -0.25) is 14.5 Å². The third kappa shape index (κ3) is 4.14. The second kappa shape index (κ2) is 9.54. The molecule has 0 saturated heterocycles. The Balaban J connectivity index is 1.92. The molecule has 0 bridgehead atoms. The summed E-state index contributed by atoms with van der Waals surface area (Å²) >= 11 is 1.46. The fraction of sp³-hybridized carbons (Fsp3) is 0.280. The molecule has 2 amide bonds. The Bertz CT molecular complexity index is 1160. The number of rotatable bonds is 7. The predicted octanol–water partition coefficient (Wildman–Crippen LogP) is 4.73. The minimum atomic E-state index is -0.525. The molecule has 4 rings (SSSR count). The lowest BCUT2D eigenvalue weighted by atomic mass is 9.95. The maximum atomic E-state index is 14.0. The van der Waals surface area contributed by atoms with Crippen LogP contribution in [0.2, 0.25) is 0 Å². The monoisotopic (exact) mass is 466 g/mol. The van der Waals surface area contributed by atoms with E-state index in [1.54, 1.807) is 17.0 Å². The van der Waals surface area contributed by atoms with Gasteiger partial charge in [-0.2, -0.15) is 0 Å². The van der Waals surface area contributed by atoms with Gasteiger partial charge in [0.15, 0.2) is 11.5 Å². The largest absolute Gasteiger partial charge is 0.493 e. The summed E-state index contributed by atoms with van der Waals surface area (Å²) in [5, 5.41) is 0.541. The molecular formula is C25H26N2O5S. The molecule has 3 aromatic rings. The van der Waals surface area contributed by atoms with E-state index in [4.69, 9.17) is 19.9 Å². The first kappa shape index (κ1) is 22.7. The van der Waals surface area contributed by atoms with Crippen molar-refractivity contribution in [1.29, 1.82) is 0 Å². The average Bonchev–Trinajstić information content (AvgIpc) is 3.23. The van der Waals surface area contributed by atoms with Crippen molar-refractivity contribution in [3.8, 4) is 17.2 Å². The number of ether oxygens (including phenoxy) is 3. The maximum absolute atomic E-state index is 14.0. The van der Waals surface area contributed by atoms with Crippen LogP contribution in [-0.4, -0.2) is 33.1 Å². The van der Waals surface area contributed by atoms with Gasteiger partial charge in [0.05, 0.1) is 32.6 Å². The molecule has 0 spiro atoms. The number of thiophene rings is 1. The molecule has 0 atom stereocenters. The minimum absolute atomic E-state index is 0.329. The number of carbonyl (C=O) groups is 2. The van der Waals surface area contributed by atoms with Gasteiger partial charge in [0.2, 0.25) is 5.75 Å². The van der Waals surface area contributed by atoms with Gasteiger partial charge in [-0.05, 0) is 55.5 Å². The van der Waals surface area contributed by atoms with Crippen molar-refractivity contribution in [2.75, 3.05) is 26.2 Å². The number of carbonyl (C=O) groups excluding carboxylic acids is 2. The molecule has 2 aromatic carbocycles. The number of primary amides is 1. The van der Waals surface area contributed by atoms with E-state index in [0.29, 0.717) is 39.1 Å². The van der Waals surface area contributed by atoms with Gasteiger partial charge in [0, 0.05) is 10.4 Å². The van der Waals surface area contributed by atoms with Gasteiger partial charge in [0.1, 0.15) is 5.00 Å².